The van der Waals surface area contributed by atoms with E-state index in [0.29, 0.717) is 42.5 Å². The van der Waals surface area contributed by atoms with Gasteiger partial charge < -0.3 is 15.0 Å². The van der Waals surface area contributed by atoms with Crippen LogP contribution < -0.4 is 15.1 Å². The molecule has 2 fully saturated rings. The highest BCUT2D eigenvalue weighted by molar-refractivity contribution is 7.92. The molecule has 0 aromatic heterocycles. The van der Waals surface area contributed by atoms with Crippen LogP contribution in [0.4, 0.5) is 20.6 Å². The monoisotopic (exact) mass is 414 g/mol. The van der Waals surface area contributed by atoms with Crippen molar-refractivity contribution >= 4 is 44.4 Å². The lowest BCUT2D eigenvalue weighted by Gasteiger charge is -2.30. The fourth-order valence-electron chi connectivity index (χ4n) is 3.08. The summed E-state index contributed by atoms with van der Waals surface area (Å²) in [6.45, 7) is 3.46. The number of rotatable bonds is 5. The molecule has 2 heterocycles. The van der Waals surface area contributed by atoms with Crippen LogP contribution in [0.25, 0.3) is 0 Å². The lowest BCUT2D eigenvalue weighted by atomic mass is 10.2. The number of ether oxygens (including phenoxy) is 1. The standard InChI is InChI=1S/C17H23FN4O3S2/c1-2-16(26)20-10-13-11-22(17(23)25-13)12-3-4-15(14(18)9-12)21-5-7-27(19,24)8-6-21/h3-4,9,13,19H,2,5-8,10-11H2,1H3,(H,20,26)/t13-/m0/s1. The summed E-state index contributed by atoms with van der Waals surface area (Å²) in [5.74, 6) is 0.0226. The van der Waals surface area contributed by atoms with Gasteiger partial charge in [0.2, 0.25) is 0 Å². The maximum absolute atomic E-state index is 14.6. The van der Waals surface area contributed by atoms with E-state index in [9.17, 15) is 13.4 Å². The predicted octanol–water partition coefficient (Wildman–Crippen LogP) is 2.34. The quantitative estimate of drug-likeness (QED) is 0.720. The predicted molar refractivity (Wildman–Crippen MR) is 108 cm³/mol. The summed E-state index contributed by atoms with van der Waals surface area (Å²) in [5, 5.41) is 3.04. The van der Waals surface area contributed by atoms with Gasteiger partial charge in [0, 0.05) is 34.3 Å². The molecule has 0 saturated carbocycles. The zero-order chi connectivity index (χ0) is 19.6. The Morgan fingerprint density at radius 1 is 1.44 bits per heavy atom. The molecule has 0 unspecified atom stereocenters. The van der Waals surface area contributed by atoms with Crippen LogP contribution in [0.1, 0.15) is 13.3 Å². The van der Waals surface area contributed by atoms with Crippen LogP contribution in [-0.4, -0.2) is 59.1 Å². The number of thiocarbonyl (C=S) groups is 1. The Balaban J connectivity index is 1.67. The van der Waals surface area contributed by atoms with Crippen molar-refractivity contribution in [3.8, 4) is 0 Å². The molecule has 3 rings (SSSR count). The lowest BCUT2D eigenvalue weighted by Crippen LogP contribution is -2.40. The lowest BCUT2D eigenvalue weighted by molar-refractivity contribution is 0.143. The molecular formula is C17H23FN4O3S2. The van der Waals surface area contributed by atoms with E-state index < -0.39 is 21.6 Å². The Morgan fingerprint density at radius 2 is 2.15 bits per heavy atom. The minimum Gasteiger partial charge on any atom is -0.442 e. The van der Waals surface area contributed by atoms with Crippen LogP contribution in [0.5, 0.6) is 0 Å². The van der Waals surface area contributed by atoms with Crippen LogP contribution in [0.2, 0.25) is 0 Å². The molecule has 148 valence electrons. The van der Waals surface area contributed by atoms with E-state index in [1.165, 1.54) is 11.0 Å². The highest BCUT2D eigenvalue weighted by Gasteiger charge is 2.33. The number of nitrogens with one attached hydrogen (secondary N) is 2. The van der Waals surface area contributed by atoms with Gasteiger partial charge in [0.25, 0.3) is 0 Å². The average molecular weight is 415 g/mol. The molecule has 2 saturated heterocycles. The van der Waals surface area contributed by atoms with Crippen LogP contribution in [-0.2, 0) is 14.5 Å². The number of hydrogen-bond donors (Lipinski definition) is 2. The Hall–Kier alpha value is -1.94. The molecule has 10 heteroatoms. The molecule has 1 aromatic rings. The zero-order valence-electron chi connectivity index (χ0n) is 15.1. The number of hydrogen-bond acceptors (Lipinski definition) is 6. The van der Waals surface area contributed by atoms with Crippen LogP contribution in [0, 0.1) is 10.6 Å². The van der Waals surface area contributed by atoms with Crippen molar-refractivity contribution in [2.24, 2.45) is 0 Å². The normalized spacial score (nSPS) is 21.9. The average Bonchev–Trinajstić information content (AvgIpc) is 3.01. The van der Waals surface area contributed by atoms with Crippen LogP contribution in [0.3, 0.4) is 0 Å². The van der Waals surface area contributed by atoms with E-state index in [4.69, 9.17) is 21.7 Å². The third-order valence-electron chi connectivity index (χ3n) is 4.69. The number of halogens is 1. The Morgan fingerprint density at radius 3 is 2.78 bits per heavy atom. The van der Waals surface area contributed by atoms with Gasteiger partial charge in [0.05, 0.1) is 29.5 Å². The first-order chi connectivity index (χ1) is 12.8. The number of amides is 1. The van der Waals surface area contributed by atoms with Crippen molar-refractivity contribution in [2.45, 2.75) is 19.4 Å². The largest absolute Gasteiger partial charge is 0.442 e. The molecule has 2 N–H and O–H groups in total. The molecular weight excluding hydrogens is 391 g/mol. The maximum atomic E-state index is 14.6. The van der Waals surface area contributed by atoms with E-state index in [1.807, 2.05) is 6.92 Å². The summed E-state index contributed by atoms with van der Waals surface area (Å²) >= 11 is 5.10. The van der Waals surface area contributed by atoms with Crippen molar-refractivity contribution < 1.29 is 18.1 Å². The molecule has 0 aliphatic carbocycles. The topological polar surface area (TPSA) is 85.7 Å². The summed E-state index contributed by atoms with van der Waals surface area (Å²) in [5.41, 5.74) is 0.829. The molecule has 2 aliphatic heterocycles. The van der Waals surface area contributed by atoms with Crippen molar-refractivity contribution in [2.75, 3.05) is 47.5 Å². The first kappa shape index (κ1) is 19.8. The number of cyclic esters (lactones) is 1. The molecule has 1 aromatic carbocycles. The molecule has 0 spiro atoms. The Bertz CT molecular complexity index is 833. The minimum absolute atomic E-state index is 0.237. The third-order valence-corrected chi connectivity index (χ3v) is 6.80. The second kappa shape index (κ2) is 7.97. The van der Waals surface area contributed by atoms with Crippen LogP contribution in [0.15, 0.2) is 18.2 Å². The van der Waals surface area contributed by atoms with Gasteiger partial charge in [-0.15, -0.1) is 0 Å². The van der Waals surface area contributed by atoms with E-state index in [-0.39, 0.29) is 17.6 Å². The number of benzene rings is 1. The molecule has 1 atom stereocenters. The fraction of sp³-hybridized carbons (Fsp3) is 0.529. The molecule has 0 bridgehead atoms. The number of carbonyl (C=O) groups is 1. The third kappa shape index (κ3) is 4.67. The second-order valence-corrected chi connectivity index (χ2v) is 9.55. The summed E-state index contributed by atoms with van der Waals surface area (Å²) in [7, 11) is -2.53. The van der Waals surface area contributed by atoms with Gasteiger partial charge in [0.1, 0.15) is 11.9 Å². The van der Waals surface area contributed by atoms with Crippen LogP contribution >= 0.6 is 12.2 Å². The van der Waals surface area contributed by atoms with E-state index in [2.05, 4.69) is 5.32 Å². The van der Waals surface area contributed by atoms with Gasteiger partial charge in [-0.3, -0.25) is 9.68 Å². The van der Waals surface area contributed by atoms with Gasteiger partial charge in [0.15, 0.2) is 0 Å². The fourth-order valence-corrected chi connectivity index (χ4v) is 4.40. The number of anilines is 2. The molecule has 7 nitrogen and oxygen atoms in total. The molecule has 2 aliphatic rings. The maximum Gasteiger partial charge on any atom is 0.414 e. The molecule has 0 radical (unpaired) electrons. The zero-order valence-corrected chi connectivity index (χ0v) is 16.7. The number of carbonyl (C=O) groups excluding carboxylic acids is 1. The molecule has 27 heavy (non-hydrogen) atoms. The Labute approximate surface area is 163 Å². The van der Waals surface area contributed by atoms with E-state index in [0.717, 1.165) is 6.42 Å². The molecule has 1 amide bonds. The van der Waals surface area contributed by atoms with Gasteiger partial charge in [-0.05, 0) is 24.6 Å². The summed E-state index contributed by atoms with van der Waals surface area (Å²) in [4.78, 5) is 16.0. The van der Waals surface area contributed by atoms with Gasteiger partial charge in [-0.1, -0.05) is 19.1 Å². The van der Waals surface area contributed by atoms with Gasteiger partial charge in [-0.25, -0.2) is 13.4 Å². The highest BCUT2D eigenvalue weighted by Crippen LogP contribution is 2.28. The SMILES string of the molecule is CCC(=S)NC[C@H]1CN(c2ccc(N3CCS(=N)(=O)CC3)c(F)c2)C(=O)O1. The van der Waals surface area contributed by atoms with Crippen molar-refractivity contribution in [3.05, 3.63) is 24.0 Å². The van der Waals surface area contributed by atoms with Crippen molar-refractivity contribution in [1.29, 1.82) is 4.78 Å². The summed E-state index contributed by atoms with van der Waals surface area (Å²) in [6, 6.07) is 4.61. The summed E-state index contributed by atoms with van der Waals surface area (Å²) in [6.07, 6.45) is -0.141. The minimum atomic E-state index is -2.53. The van der Waals surface area contributed by atoms with E-state index >= 15 is 0 Å². The summed E-state index contributed by atoms with van der Waals surface area (Å²) < 4.78 is 39.3. The highest BCUT2D eigenvalue weighted by atomic mass is 32.2. The smallest absolute Gasteiger partial charge is 0.414 e. The first-order valence-corrected chi connectivity index (χ1v) is 11.1. The van der Waals surface area contributed by atoms with E-state index in [1.54, 1.807) is 17.0 Å². The van der Waals surface area contributed by atoms with Crippen molar-refractivity contribution in [1.82, 2.24) is 5.32 Å². The van der Waals surface area contributed by atoms with Crippen molar-refractivity contribution in [3.63, 3.8) is 0 Å². The second-order valence-electron chi connectivity index (χ2n) is 6.62. The van der Waals surface area contributed by atoms with Gasteiger partial charge >= 0.3 is 6.09 Å². The first-order valence-electron chi connectivity index (χ1n) is 8.82. The number of nitrogens with zero attached hydrogens (tertiary/aromatic N) is 2. The Kier molecular flexibility index (Phi) is 5.85. The van der Waals surface area contributed by atoms with Gasteiger partial charge in [-0.2, -0.15) is 0 Å².